The second-order valence-electron chi connectivity index (χ2n) is 6.20. The molecule has 0 atom stereocenters. The normalized spacial score (nSPS) is 15.5. The molecule has 24 heavy (non-hydrogen) atoms. The molecule has 4 nitrogen and oxygen atoms in total. The van der Waals surface area contributed by atoms with Gasteiger partial charge in [-0.25, -0.2) is 4.98 Å². The minimum atomic E-state index is -0.145. The van der Waals surface area contributed by atoms with Crippen molar-refractivity contribution in [3.8, 4) is 0 Å². The van der Waals surface area contributed by atoms with Crippen LogP contribution in [0.1, 0.15) is 48.9 Å². The zero-order valence-electron chi connectivity index (χ0n) is 13.6. The van der Waals surface area contributed by atoms with Crippen molar-refractivity contribution in [1.29, 1.82) is 0 Å². The lowest BCUT2D eigenvalue weighted by Gasteiger charge is -2.17. The quantitative estimate of drug-likeness (QED) is 0.705. The molecule has 1 aromatic heterocycles. The number of carbonyl (C=O) groups is 1. The van der Waals surface area contributed by atoms with Gasteiger partial charge >= 0.3 is 0 Å². The number of aromatic nitrogens is 1. The van der Waals surface area contributed by atoms with Crippen LogP contribution >= 0.6 is 15.9 Å². The van der Waals surface area contributed by atoms with Crippen molar-refractivity contribution in [3.05, 3.63) is 52.6 Å². The van der Waals surface area contributed by atoms with Crippen molar-refractivity contribution in [2.24, 2.45) is 0 Å². The second kappa shape index (κ2) is 8.29. The van der Waals surface area contributed by atoms with Gasteiger partial charge in [0.1, 0.15) is 5.82 Å². The van der Waals surface area contributed by atoms with E-state index in [9.17, 15) is 4.79 Å². The van der Waals surface area contributed by atoms with E-state index in [-0.39, 0.29) is 5.91 Å². The first-order chi connectivity index (χ1) is 11.7. The van der Waals surface area contributed by atoms with Crippen LogP contribution in [0.15, 0.2) is 47.1 Å². The van der Waals surface area contributed by atoms with Crippen molar-refractivity contribution in [2.75, 3.05) is 10.6 Å². The number of hydrogen-bond acceptors (Lipinski definition) is 3. The van der Waals surface area contributed by atoms with E-state index in [0.29, 0.717) is 17.3 Å². The summed E-state index contributed by atoms with van der Waals surface area (Å²) in [5.74, 6) is 0.731. The molecular formula is C19H22BrN3O. The third-order valence-corrected chi connectivity index (χ3v) is 5.04. The maximum Gasteiger partial charge on any atom is 0.256 e. The van der Waals surface area contributed by atoms with Crippen LogP contribution in [0.25, 0.3) is 0 Å². The van der Waals surface area contributed by atoms with Gasteiger partial charge in [0.15, 0.2) is 0 Å². The lowest BCUT2D eigenvalue weighted by atomic mass is 10.1. The topological polar surface area (TPSA) is 54.0 Å². The molecule has 1 heterocycles. The molecule has 2 N–H and O–H groups in total. The van der Waals surface area contributed by atoms with E-state index in [1.165, 1.54) is 38.5 Å². The monoisotopic (exact) mass is 387 g/mol. The van der Waals surface area contributed by atoms with Crippen molar-refractivity contribution in [1.82, 2.24) is 4.98 Å². The summed E-state index contributed by atoms with van der Waals surface area (Å²) in [5, 5.41) is 6.39. The molecule has 0 spiro atoms. The van der Waals surface area contributed by atoms with E-state index in [1.54, 1.807) is 12.3 Å². The fourth-order valence-corrected chi connectivity index (χ4v) is 3.49. The van der Waals surface area contributed by atoms with Gasteiger partial charge < -0.3 is 10.6 Å². The number of carbonyl (C=O) groups excluding carboxylic acids is 1. The smallest absolute Gasteiger partial charge is 0.256 e. The van der Waals surface area contributed by atoms with Crippen LogP contribution < -0.4 is 10.6 Å². The van der Waals surface area contributed by atoms with Gasteiger partial charge in [0, 0.05) is 10.5 Å². The second-order valence-corrected chi connectivity index (χ2v) is 7.05. The zero-order chi connectivity index (χ0) is 16.8. The molecule has 126 valence electrons. The minimum Gasteiger partial charge on any atom is -0.367 e. The van der Waals surface area contributed by atoms with Crippen LogP contribution in [0, 0.1) is 0 Å². The first-order valence-corrected chi connectivity index (χ1v) is 9.30. The summed E-state index contributed by atoms with van der Waals surface area (Å²) in [5.41, 5.74) is 1.31. The molecule has 1 aliphatic carbocycles. The Hall–Kier alpha value is -1.88. The van der Waals surface area contributed by atoms with E-state index in [4.69, 9.17) is 0 Å². The lowest BCUT2D eigenvalue weighted by Crippen LogP contribution is -2.19. The van der Waals surface area contributed by atoms with Gasteiger partial charge in [-0.2, -0.15) is 0 Å². The van der Waals surface area contributed by atoms with Crippen LogP contribution in [0.4, 0.5) is 11.5 Å². The zero-order valence-corrected chi connectivity index (χ0v) is 15.2. The van der Waals surface area contributed by atoms with Crippen LogP contribution in [-0.4, -0.2) is 16.9 Å². The van der Waals surface area contributed by atoms with Gasteiger partial charge in [-0.05, 0) is 53.0 Å². The van der Waals surface area contributed by atoms with E-state index in [2.05, 4.69) is 31.5 Å². The highest BCUT2D eigenvalue weighted by atomic mass is 79.9. The van der Waals surface area contributed by atoms with E-state index in [0.717, 1.165) is 10.3 Å². The largest absolute Gasteiger partial charge is 0.367 e. The molecule has 2 aromatic rings. The summed E-state index contributed by atoms with van der Waals surface area (Å²) < 4.78 is 0.780. The molecular weight excluding hydrogens is 366 g/mol. The molecule has 0 unspecified atom stereocenters. The maximum atomic E-state index is 12.3. The first kappa shape index (κ1) is 17.0. The van der Waals surface area contributed by atoms with Crippen LogP contribution in [0.3, 0.4) is 0 Å². The Morgan fingerprint density at radius 1 is 1.04 bits per heavy atom. The first-order valence-electron chi connectivity index (χ1n) is 8.51. The number of anilines is 2. The Kier molecular flexibility index (Phi) is 5.86. The Labute approximate surface area is 151 Å². The Bertz CT molecular complexity index is 679. The number of nitrogens with one attached hydrogen (secondary N) is 2. The number of benzene rings is 1. The average Bonchev–Trinajstić information content (AvgIpc) is 2.86. The van der Waals surface area contributed by atoms with Crippen LogP contribution in [0.5, 0.6) is 0 Å². The van der Waals surface area contributed by atoms with Gasteiger partial charge in [-0.1, -0.05) is 37.8 Å². The lowest BCUT2D eigenvalue weighted by molar-refractivity contribution is 0.102. The number of amides is 1. The standard InChI is InChI=1S/C19H22BrN3O/c20-17-10-6-5-9-16(17)19(24)23-15-11-12-18(21-13-15)22-14-7-3-1-2-4-8-14/h5-6,9-14H,1-4,7-8H2,(H,21,22)(H,23,24). The highest BCUT2D eigenvalue weighted by Gasteiger charge is 2.13. The van der Waals surface area contributed by atoms with Crippen molar-refractivity contribution < 1.29 is 4.79 Å². The Balaban J connectivity index is 1.60. The molecule has 5 heteroatoms. The molecule has 0 radical (unpaired) electrons. The molecule has 3 rings (SSSR count). The predicted molar refractivity (Wildman–Crippen MR) is 101 cm³/mol. The van der Waals surface area contributed by atoms with Gasteiger partial charge in [0.25, 0.3) is 5.91 Å². The predicted octanol–water partition coefficient (Wildman–Crippen LogP) is 5.23. The fraction of sp³-hybridized carbons (Fsp3) is 0.368. The summed E-state index contributed by atoms with van der Waals surface area (Å²) in [6, 6.07) is 11.7. The Morgan fingerprint density at radius 2 is 1.79 bits per heavy atom. The van der Waals surface area contributed by atoms with E-state index < -0.39 is 0 Å². The highest BCUT2D eigenvalue weighted by Crippen LogP contribution is 2.21. The van der Waals surface area contributed by atoms with Crippen molar-refractivity contribution in [3.63, 3.8) is 0 Å². The number of nitrogens with zero attached hydrogens (tertiary/aromatic N) is 1. The SMILES string of the molecule is O=C(Nc1ccc(NC2CCCCCC2)nc1)c1ccccc1Br. The van der Waals surface area contributed by atoms with Gasteiger partial charge in [0.2, 0.25) is 0 Å². The van der Waals surface area contributed by atoms with E-state index >= 15 is 0 Å². The molecule has 1 aromatic carbocycles. The summed E-state index contributed by atoms with van der Waals surface area (Å²) >= 11 is 3.40. The summed E-state index contributed by atoms with van der Waals surface area (Å²) in [7, 11) is 0. The highest BCUT2D eigenvalue weighted by molar-refractivity contribution is 9.10. The Morgan fingerprint density at radius 3 is 2.46 bits per heavy atom. The number of pyridine rings is 1. The van der Waals surface area contributed by atoms with Crippen molar-refractivity contribution >= 4 is 33.3 Å². The fourth-order valence-electron chi connectivity index (χ4n) is 3.03. The summed E-state index contributed by atoms with van der Waals surface area (Å²) in [4.78, 5) is 16.7. The molecule has 1 fully saturated rings. The van der Waals surface area contributed by atoms with Crippen LogP contribution in [0.2, 0.25) is 0 Å². The minimum absolute atomic E-state index is 0.145. The van der Waals surface area contributed by atoms with E-state index in [1.807, 2.05) is 30.3 Å². The summed E-state index contributed by atoms with van der Waals surface area (Å²) in [6.45, 7) is 0. The van der Waals surface area contributed by atoms with Crippen LogP contribution in [-0.2, 0) is 0 Å². The molecule has 0 bridgehead atoms. The molecule has 1 amide bonds. The molecule has 0 saturated heterocycles. The third-order valence-electron chi connectivity index (χ3n) is 4.35. The number of halogens is 1. The average molecular weight is 388 g/mol. The van der Waals surface area contributed by atoms with Crippen molar-refractivity contribution in [2.45, 2.75) is 44.6 Å². The molecule has 0 aliphatic heterocycles. The maximum absolute atomic E-state index is 12.3. The number of rotatable bonds is 4. The van der Waals surface area contributed by atoms with Gasteiger partial charge in [-0.15, -0.1) is 0 Å². The van der Waals surface area contributed by atoms with Gasteiger partial charge in [-0.3, -0.25) is 4.79 Å². The third kappa shape index (κ3) is 4.57. The molecule has 1 saturated carbocycles. The summed E-state index contributed by atoms with van der Waals surface area (Å²) in [6.07, 6.45) is 9.38. The number of hydrogen-bond donors (Lipinski definition) is 2. The molecule has 1 aliphatic rings. The van der Waals surface area contributed by atoms with Gasteiger partial charge in [0.05, 0.1) is 17.4 Å².